The van der Waals surface area contributed by atoms with Gasteiger partial charge in [-0.2, -0.15) is 0 Å². The molecule has 26 heavy (non-hydrogen) atoms. The molecule has 0 fully saturated rings. The molecule has 0 aliphatic heterocycles. The van der Waals surface area contributed by atoms with Crippen LogP contribution in [0.15, 0.2) is 59.0 Å². The first-order valence-electron chi connectivity index (χ1n) is 7.56. The minimum atomic E-state index is -1.33. The van der Waals surface area contributed by atoms with Crippen LogP contribution >= 0.6 is 22.6 Å². The molecular weight excluding hydrogens is 451 g/mol. The molecule has 8 heteroatoms. The monoisotopic (exact) mass is 468 g/mol. The highest BCUT2D eigenvalue weighted by atomic mass is 127. The number of hydrogen-bond acceptors (Lipinski definition) is 4. The number of ether oxygens (including phenoxy) is 1. The Morgan fingerprint density at radius 1 is 1.15 bits per heavy atom. The third-order valence-corrected chi connectivity index (χ3v) is 4.09. The molecule has 0 radical (unpaired) electrons. The molecular formula is C18H17IN2O5. The summed E-state index contributed by atoms with van der Waals surface area (Å²) in [4.78, 5) is 20.9. The highest BCUT2D eigenvalue weighted by Gasteiger charge is 2.17. The molecule has 1 heterocycles. The predicted octanol–water partition coefficient (Wildman–Crippen LogP) is 4.97. The Morgan fingerprint density at radius 2 is 1.73 bits per heavy atom. The molecule has 4 N–H and O–H groups in total. The van der Waals surface area contributed by atoms with E-state index >= 15 is 0 Å². The number of halogens is 1. The van der Waals surface area contributed by atoms with Gasteiger partial charge in [-0.25, -0.2) is 9.59 Å². The highest BCUT2D eigenvalue weighted by Crippen LogP contribution is 2.32. The fourth-order valence-corrected chi connectivity index (χ4v) is 2.88. The fourth-order valence-electron chi connectivity index (χ4n) is 2.22. The normalized spacial score (nSPS) is 11.2. The number of anilines is 1. The Hall–Kier alpha value is -2.75. The molecule has 0 saturated heterocycles. The molecule has 0 aliphatic carbocycles. The average molecular weight is 468 g/mol. The minimum absolute atomic E-state index is 0.322. The maximum Gasteiger partial charge on any atom is 0.412 e. The molecule has 1 aromatic heterocycles. The van der Waals surface area contributed by atoms with Gasteiger partial charge in [-0.05, 0) is 24.6 Å². The molecule has 0 saturated carbocycles. The lowest BCUT2D eigenvalue weighted by Crippen LogP contribution is -2.16. The van der Waals surface area contributed by atoms with E-state index in [2.05, 4.69) is 33.6 Å². The molecule has 3 aromatic rings. The van der Waals surface area contributed by atoms with E-state index in [0.29, 0.717) is 9.45 Å². The SMILES string of the molecule is C[C@@H](OC(=O)Nc1c(I)oc2ccccc12)c1ccccc1.NC(=O)O. The Morgan fingerprint density at radius 3 is 2.38 bits per heavy atom. The van der Waals surface area contributed by atoms with Crippen LogP contribution in [0, 0.1) is 3.77 Å². The predicted molar refractivity (Wildman–Crippen MR) is 106 cm³/mol. The van der Waals surface area contributed by atoms with E-state index in [0.717, 1.165) is 16.5 Å². The van der Waals surface area contributed by atoms with Crippen molar-refractivity contribution in [2.45, 2.75) is 13.0 Å². The molecule has 0 aliphatic rings. The number of nitrogens with two attached hydrogens (primary N) is 1. The summed E-state index contributed by atoms with van der Waals surface area (Å²) < 4.78 is 11.7. The second-order valence-electron chi connectivity index (χ2n) is 5.17. The van der Waals surface area contributed by atoms with Crippen LogP contribution in [0.25, 0.3) is 11.0 Å². The van der Waals surface area contributed by atoms with Gasteiger partial charge in [0.05, 0.1) is 0 Å². The smallest absolute Gasteiger partial charge is 0.412 e. The number of hydrogen-bond donors (Lipinski definition) is 3. The topological polar surface area (TPSA) is 115 Å². The largest absolute Gasteiger partial charge is 0.465 e. The zero-order chi connectivity index (χ0) is 19.1. The van der Waals surface area contributed by atoms with Crippen LogP contribution in [0.2, 0.25) is 0 Å². The van der Waals surface area contributed by atoms with E-state index in [1.165, 1.54) is 0 Å². The van der Waals surface area contributed by atoms with Crippen LogP contribution in [0.5, 0.6) is 0 Å². The second-order valence-corrected chi connectivity index (χ2v) is 6.15. The molecule has 2 aromatic carbocycles. The molecule has 0 unspecified atom stereocenters. The summed E-state index contributed by atoms with van der Waals surface area (Å²) in [5.74, 6) is 0. The first kappa shape index (κ1) is 19.6. The van der Waals surface area contributed by atoms with Crippen molar-refractivity contribution in [3.63, 3.8) is 0 Å². The van der Waals surface area contributed by atoms with E-state index in [9.17, 15) is 4.79 Å². The Labute approximate surface area is 163 Å². The quantitative estimate of drug-likeness (QED) is 0.470. The number of fused-ring (bicyclic) bond motifs is 1. The zero-order valence-corrected chi connectivity index (χ0v) is 16.0. The maximum atomic E-state index is 12.1. The van der Waals surface area contributed by atoms with Gasteiger partial charge in [-0.3, -0.25) is 5.32 Å². The lowest BCUT2D eigenvalue weighted by atomic mass is 10.1. The number of para-hydroxylation sites is 1. The second kappa shape index (κ2) is 9.09. The van der Waals surface area contributed by atoms with Gasteiger partial charge in [-0.15, -0.1) is 0 Å². The fraction of sp³-hybridized carbons (Fsp3) is 0.111. The summed E-state index contributed by atoms with van der Waals surface area (Å²) >= 11 is 2.06. The van der Waals surface area contributed by atoms with E-state index in [1.54, 1.807) is 0 Å². The van der Waals surface area contributed by atoms with Crippen LogP contribution in [-0.4, -0.2) is 17.3 Å². The van der Waals surface area contributed by atoms with E-state index < -0.39 is 12.2 Å². The van der Waals surface area contributed by atoms with Gasteiger partial charge >= 0.3 is 12.2 Å². The number of rotatable bonds is 3. The zero-order valence-electron chi connectivity index (χ0n) is 13.8. The summed E-state index contributed by atoms with van der Waals surface area (Å²) in [6.45, 7) is 1.84. The van der Waals surface area contributed by atoms with Crippen molar-refractivity contribution < 1.29 is 23.8 Å². The Kier molecular flexibility index (Phi) is 6.84. The first-order chi connectivity index (χ1) is 12.4. The number of nitrogens with one attached hydrogen (secondary N) is 1. The number of carbonyl (C=O) groups excluding carboxylic acids is 1. The van der Waals surface area contributed by atoms with E-state index in [-0.39, 0.29) is 6.10 Å². The van der Waals surface area contributed by atoms with Gasteiger partial charge in [0.15, 0.2) is 3.77 Å². The number of primary amides is 1. The molecule has 1 atom stereocenters. The van der Waals surface area contributed by atoms with Crippen molar-refractivity contribution in [2.24, 2.45) is 5.73 Å². The van der Waals surface area contributed by atoms with Crippen LogP contribution in [0.3, 0.4) is 0 Å². The van der Waals surface area contributed by atoms with Crippen molar-refractivity contribution in [1.29, 1.82) is 0 Å². The van der Waals surface area contributed by atoms with Crippen molar-refractivity contribution in [1.82, 2.24) is 0 Å². The summed E-state index contributed by atoms with van der Waals surface area (Å²) in [6, 6.07) is 17.2. The molecule has 136 valence electrons. The van der Waals surface area contributed by atoms with Crippen molar-refractivity contribution in [2.75, 3.05) is 5.32 Å². The molecule has 0 bridgehead atoms. The van der Waals surface area contributed by atoms with E-state index in [1.807, 2.05) is 61.5 Å². The standard InChI is InChI=1S/C17H14INO3.CH3NO2/c1-11(12-7-3-2-4-8-12)21-17(20)19-15-13-9-5-6-10-14(13)22-16(15)18;2-1(3)4/h2-11H,1H3,(H,19,20);2H2,(H,3,4)/t11-;/m1./s1. The lowest BCUT2D eigenvalue weighted by molar-refractivity contribution is 0.121. The van der Waals surface area contributed by atoms with Gasteiger partial charge in [0.1, 0.15) is 17.4 Å². The summed E-state index contributed by atoms with van der Waals surface area (Å²) in [7, 11) is 0. The number of carboxylic acid groups (broad SMARTS) is 1. The number of amides is 2. The number of carbonyl (C=O) groups is 2. The summed E-state index contributed by atoms with van der Waals surface area (Å²) in [5, 5.41) is 10.8. The Bertz CT molecular complexity index is 891. The molecule has 0 spiro atoms. The summed E-state index contributed by atoms with van der Waals surface area (Å²) in [5.41, 5.74) is 6.35. The molecule has 2 amide bonds. The van der Waals surface area contributed by atoms with Gasteiger partial charge in [0.2, 0.25) is 0 Å². The van der Waals surface area contributed by atoms with Crippen molar-refractivity contribution in [3.05, 3.63) is 63.9 Å². The van der Waals surface area contributed by atoms with Gasteiger partial charge in [0.25, 0.3) is 0 Å². The van der Waals surface area contributed by atoms with Crippen molar-refractivity contribution in [3.8, 4) is 0 Å². The lowest BCUT2D eigenvalue weighted by Gasteiger charge is -2.13. The first-order valence-corrected chi connectivity index (χ1v) is 8.64. The molecule has 3 rings (SSSR count). The van der Waals surface area contributed by atoms with Gasteiger partial charge < -0.3 is 20.0 Å². The van der Waals surface area contributed by atoms with Crippen LogP contribution in [-0.2, 0) is 4.74 Å². The third kappa shape index (κ3) is 5.38. The Balaban J connectivity index is 0.000000552. The number of benzene rings is 2. The summed E-state index contributed by atoms with van der Waals surface area (Å²) in [6.07, 6.45) is -2.15. The number of furan rings is 1. The van der Waals surface area contributed by atoms with Crippen LogP contribution in [0.1, 0.15) is 18.6 Å². The van der Waals surface area contributed by atoms with Crippen LogP contribution < -0.4 is 11.1 Å². The minimum Gasteiger partial charge on any atom is -0.465 e. The third-order valence-electron chi connectivity index (χ3n) is 3.33. The van der Waals surface area contributed by atoms with Crippen molar-refractivity contribution >= 4 is 51.4 Å². The maximum absolute atomic E-state index is 12.1. The average Bonchev–Trinajstić information content (AvgIpc) is 2.91. The van der Waals surface area contributed by atoms with Gasteiger partial charge in [-0.1, -0.05) is 42.5 Å². The molecule has 7 nitrogen and oxygen atoms in total. The van der Waals surface area contributed by atoms with E-state index in [4.69, 9.17) is 19.1 Å². The van der Waals surface area contributed by atoms with Gasteiger partial charge in [0, 0.05) is 28.0 Å². The highest BCUT2D eigenvalue weighted by molar-refractivity contribution is 14.1. The van der Waals surface area contributed by atoms with Crippen LogP contribution in [0.4, 0.5) is 15.3 Å².